The van der Waals surface area contributed by atoms with E-state index in [1.54, 1.807) is 14.2 Å². The van der Waals surface area contributed by atoms with E-state index in [2.05, 4.69) is 10.3 Å². The van der Waals surface area contributed by atoms with Gasteiger partial charge in [-0.05, 0) is 50.6 Å². The third-order valence-electron chi connectivity index (χ3n) is 4.41. The zero-order valence-corrected chi connectivity index (χ0v) is 15.6. The molecule has 0 bridgehead atoms. The van der Waals surface area contributed by atoms with E-state index in [-0.39, 0.29) is 0 Å². The van der Waals surface area contributed by atoms with Crippen molar-refractivity contribution in [3.63, 3.8) is 0 Å². The third-order valence-corrected chi connectivity index (χ3v) is 4.41. The normalized spacial score (nSPS) is 16.8. The fourth-order valence-electron chi connectivity index (χ4n) is 3.02. The average molecular weight is 358 g/mol. The second kappa shape index (κ2) is 8.76. The molecule has 1 atom stereocenters. The fraction of sp³-hybridized carbons (Fsp3) is 0.450. The zero-order valence-electron chi connectivity index (χ0n) is 15.6. The van der Waals surface area contributed by atoms with Gasteiger partial charge in [-0.25, -0.2) is 4.98 Å². The molecular formula is C20H26N2O4. The van der Waals surface area contributed by atoms with Gasteiger partial charge in [0.05, 0.1) is 20.8 Å². The van der Waals surface area contributed by atoms with Crippen molar-refractivity contribution in [3.05, 3.63) is 36.0 Å². The van der Waals surface area contributed by atoms with Crippen LogP contribution in [0.2, 0.25) is 0 Å². The van der Waals surface area contributed by atoms with Crippen LogP contribution in [0.1, 0.15) is 18.5 Å². The lowest BCUT2D eigenvalue weighted by Crippen LogP contribution is -2.33. The number of ether oxygens (including phenoxy) is 4. The highest BCUT2D eigenvalue weighted by Crippen LogP contribution is 2.40. The molecule has 0 aliphatic carbocycles. The molecule has 0 spiro atoms. The molecule has 0 radical (unpaired) electrons. The van der Waals surface area contributed by atoms with E-state index >= 15 is 0 Å². The second-order valence-corrected chi connectivity index (χ2v) is 6.37. The van der Waals surface area contributed by atoms with Gasteiger partial charge in [-0.1, -0.05) is 6.07 Å². The van der Waals surface area contributed by atoms with Crippen LogP contribution < -0.4 is 24.3 Å². The number of nitrogens with zero attached hydrogens (tertiary/aromatic N) is 1. The van der Waals surface area contributed by atoms with Gasteiger partial charge in [0.15, 0.2) is 17.2 Å². The maximum Gasteiger partial charge on any atom is 0.262 e. The first-order chi connectivity index (χ1) is 12.7. The summed E-state index contributed by atoms with van der Waals surface area (Å²) in [5, 5.41) is 3.41. The Labute approximate surface area is 154 Å². The Morgan fingerprint density at radius 2 is 1.92 bits per heavy atom. The van der Waals surface area contributed by atoms with Gasteiger partial charge in [0, 0.05) is 18.2 Å². The molecule has 1 aromatic heterocycles. The number of para-hydroxylation sites is 1. The number of aromatic nitrogens is 1. The Bertz CT molecular complexity index is 730. The number of hydrogen-bond donors (Lipinski definition) is 1. The van der Waals surface area contributed by atoms with Gasteiger partial charge < -0.3 is 24.3 Å². The summed E-state index contributed by atoms with van der Waals surface area (Å²) in [6.07, 6.45) is 2.36. The molecular weight excluding hydrogens is 332 g/mol. The number of methoxy groups -OCH3 is 2. The van der Waals surface area contributed by atoms with Crippen molar-refractivity contribution in [1.82, 2.24) is 10.3 Å². The average Bonchev–Trinajstić information content (AvgIpc) is 2.68. The SMILES string of the molecule is COc1cccc(Oc2nc(C)ccc2OCC2CCCNC2)c1OC. The number of rotatable bonds is 7. The molecule has 0 saturated carbocycles. The van der Waals surface area contributed by atoms with Crippen LogP contribution in [0.4, 0.5) is 0 Å². The number of aryl methyl sites for hydroxylation is 1. The van der Waals surface area contributed by atoms with Crippen molar-refractivity contribution in [2.45, 2.75) is 19.8 Å². The minimum absolute atomic E-state index is 0.431. The largest absolute Gasteiger partial charge is 0.493 e. The quantitative estimate of drug-likeness (QED) is 0.816. The highest BCUT2D eigenvalue weighted by Gasteiger charge is 2.18. The number of nitrogens with one attached hydrogen (secondary N) is 1. The highest BCUT2D eigenvalue weighted by molar-refractivity contribution is 5.53. The first-order valence-electron chi connectivity index (χ1n) is 8.91. The van der Waals surface area contributed by atoms with E-state index in [1.807, 2.05) is 37.3 Å². The molecule has 1 fully saturated rings. The van der Waals surface area contributed by atoms with Gasteiger partial charge in [-0.3, -0.25) is 0 Å². The molecule has 2 heterocycles. The second-order valence-electron chi connectivity index (χ2n) is 6.37. The molecule has 2 aromatic rings. The van der Waals surface area contributed by atoms with E-state index in [1.165, 1.54) is 12.8 Å². The molecule has 0 amide bonds. The van der Waals surface area contributed by atoms with Crippen molar-refractivity contribution in [2.24, 2.45) is 5.92 Å². The minimum atomic E-state index is 0.431. The van der Waals surface area contributed by atoms with Gasteiger partial charge in [0.1, 0.15) is 0 Å². The molecule has 1 unspecified atom stereocenters. The summed E-state index contributed by atoms with van der Waals surface area (Å²) >= 11 is 0. The Morgan fingerprint density at radius 1 is 1.08 bits per heavy atom. The molecule has 6 heteroatoms. The summed E-state index contributed by atoms with van der Waals surface area (Å²) in [5.74, 6) is 3.24. The van der Waals surface area contributed by atoms with E-state index in [0.29, 0.717) is 41.4 Å². The maximum absolute atomic E-state index is 6.04. The van der Waals surface area contributed by atoms with Gasteiger partial charge in [-0.2, -0.15) is 0 Å². The van der Waals surface area contributed by atoms with Crippen molar-refractivity contribution in [1.29, 1.82) is 0 Å². The predicted molar refractivity (Wildman–Crippen MR) is 99.7 cm³/mol. The number of hydrogen-bond acceptors (Lipinski definition) is 6. The summed E-state index contributed by atoms with van der Waals surface area (Å²) in [4.78, 5) is 4.50. The first kappa shape index (κ1) is 18.3. The topological polar surface area (TPSA) is 61.8 Å². The van der Waals surface area contributed by atoms with Crippen LogP contribution in [0.15, 0.2) is 30.3 Å². The third kappa shape index (κ3) is 4.38. The van der Waals surface area contributed by atoms with Crippen molar-refractivity contribution < 1.29 is 18.9 Å². The Kier molecular flexibility index (Phi) is 6.17. The van der Waals surface area contributed by atoms with Crippen LogP contribution in [0.5, 0.6) is 28.9 Å². The van der Waals surface area contributed by atoms with Crippen LogP contribution in [0.25, 0.3) is 0 Å². The van der Waals surface area contributed by atoms with Crippen LogP contribution >= 0.6 is 0 Å². The molecule has 1 saturated heterocycles. The first-order valence-corrected chi connectivity index (χ1v) is 8.91. The molecule has 1 aromatic carbocycles. The standard InChI is InChI=1S/C20H26N2O4/c1-14-9-10-18(25-13-15-6-5-11-21-12-15)20(22-14)26-17-8-4-7-16(23-2)19(17)24-3/h4,7-10,15,21H,5-6,11-13H2,1-3H3. The van der Waals surface area contributed by atoms with Gasteiger partial charge >= 0.3 is 0 Å². The van der Waals surface area contributed by atoms with E-state index in [9.17, 15) is 0 Å². The van der Waals surface area contributed by atoms with Gasteiger partial charge in [0.2, 0.25) is 5.75 Å². The molecule has 1 N–H and O–H groups in total. The van der Waals surface area contributed by atoms with Gasteiger partial charge in [-0.15, -0.1) is 0 Å². The lowest BCUT2D eigenvalue weighted by atomic mass is 10.0. The van der Waals surface area contributed by atoms with E-state index in [4.69, 9.17) is 18.9 Å². The lowest BCUT2D eigenvalue weighted by Gasteiger charge is -2.23. The summed E-state index contributed by atoms with van der Waals surface area (Å²) in [5.41, 5.74) is 0.855. The Morgan fingerprint density at radius 3 is 2.65 bits per heavy atom. The monoisotopic (exact) mass is 358 g/mol. The Balaban J connectivity index is 1.80. The molecule has 1 aliphatic heterocycles. The predicted octanol–water partition coefficient (Wildman–Crippen LogP) is 3.58. The van der Waals surface area contributed by atoms with E-state index in [0.717, 1.165) is 18.8 Å². The summed E-state index contributed by atoms with van der Waals surface area (Å²) in [7, 11) is 3.18. The maximum atomic E-state index is 6.04. The molecule has 6 nitrogen and oxygen atoms in total. The summed E-state index contributed by atoms with van der Waals surface area (Å²) < 4.78 is 22.8. The van der Waals surface area contributed by atoms with Crippen molar-refractivity contribution in [2.75, 3.05) is 33.9 Å². The Hall–Kier alpha value is -2.47. The molecule has 1 aliphatic rings. The lowest BCUT2D eigenvalue weighted by molar-refractivity contribution is 0.211. The van der Waals surface area contributed by atoms with Crippen LogP contribution in [-0.2, 0) is 0 Å². The molecule has 140 valence electrons. The summed E-state index contributed by atoms with van der Waals surface area (Å²) in [6, 6.07) is 9.31. The van der Waals surface area contributed by atoms with Crippen LogP contribution in [-0.4, -0.2) is 38.9 Å². The van der Waals surface area contributed by atoms with Crippen LogP contribution in [0.3, 0.4) is 0 Å². The smallest absolute Gasteiger partial charge is 0.262 e. The number of benzene rings is 1. The minimum Gasteiger partial charge on any atom is -0.493 e. The van der Waals surface area contributed by atoms with Gasteiger partial charge in [0.25, 0.3) is 5.88 Å². The van der Waals surface area contributed by atoms with Crippen molar-refractivity contribution in [3.8, 4) is 28.9 Å². The van der Waals surface area contributed by atoms with E-state index < -0.39 is 0 Å². The highest BCUT2D eigenvalue weighted by atomic mass is 16.6. The number of piperidine rings is 1. The van der Waals surface area contributed by atoms with Crippen molar-refractivity contribution >= 4 is 0 Å². The fourth-order valence-corrected chi connectivity index (χ4v) is 3.02. The number of pyridine rings is 1. The summed E-state index contributed by atoms with van der Waals surface area (Å²) in [6.45, 7) is 4.64. The van der Waals surface area contributed by atoms with Crippen LogP contribution in [0, 0.1) is 12.8 Å². The molecule has 26 heavy (non-hydrogen) atoms. The molecule has 3 rings (SSSR count). The zero-order chi connectivity index (χ0) is 18.4.